The van der Waals surface area contributed by atoms with Crippen LogP contribution in [0.15, 0.2) is 24.3 Å². The number of carbonyl (C=O) groups excluding carboxylic acids is 1. The van der Waals surface area contributed by atoms with Gasteiger partial charge < -0.3 is 10.1 Å². The standard InChI is InChI=1S/C13H18ClNO2/c1-10(2)13(16)17-8-7-15-9-11-3-5-12(14)6-4-11/h3-6,10,15H,7-9H2,1-2H3. The lowest BCUT2D eigenvalue weighted by molar-refractivity contribution is -0.147. The first-order valence-corrected chi connectivity index (χ1v) is 6.09. The zero-order chi connectivity index (χ0) is 12.7. The quantitative estimate of drug-likeness (QED) is 0.627. The molecule has 4 heteroatoms. The van der Waals surface area contributed by atoms with Gasteiger partial charge in [0.05, 0.1) is 5.92 Å². The van der Waals surface area contributed by atoms with Crippen molar-refractivity contribution in [3.63, 3.8) is 0 Å². The maximum Gasteiger partial charge on any atom is 0.308 e. The van der Waals surface area contributed by atoms with Crippen molar-refractivity contribution in [3.8, 4) is 0 Å². The van der Waals surface area contributed by atoms with Crippen LogP contribution in [-0.2, 0) is 16.1 Å². The highest BCUT2D eigenvalue weighted by molar-refractivity contribution is 6.30. The molecule has 0 aliphatic rings. The molecule has 0 saturated heterocycles. The second-order valence-corrected chi connectivity index (χ2v) is 4.56. The smallest absolute Gasteiger partial charge is 0.308 e. The number of nitrogens with one attached hydrogen (secondary N) is 1. The number of hydrogen-bond acceptors (Lipinski definition) is 3. The molecule has 0 spiro atoms. The monoisotopic (exact) mass is 255 g/mol. The normalized spacial score (nSPS) is 10.6. The van der Waals surface area contributed by atoms with Crippen LogP contribution in [0.2, 0.25) is 5.02 Å². The summed E-state index contributed by atoms with van der Waals surface area (Å²) < 4.78 is 5.04. The second-order valence-electron chi connectivity index (χ2n) is 4.13. The summed E-state index contributed by atoms with van der Waals surface area (Å²) in [6.45, 7) is 5.45. The summed E-state index contributed by atoms with van der Waals surface area (Å²) in [5, 5.41) is 3.93. The van der Waals surface area contributed by atoms with Crippen molar-refractivity contribution in [1.29, 1.82) is 0 Å². The van der Waals surface area contributed by atoms with Crippen molar-refractivity contribution in [2.75, 3.05) is 13.2 Å². The Labute approximate surface area is 107 Å². The molecule has 94 valence electrons. The first kappa shape index (κ1) is 14.0. The van der Waals surface area contributed by atoms with Crippen LogP contribution in [0.3, 0.4) is 0 Å². The van der Waals surface area contributed by atoms with Gasteiger partial charge in [-0.25, -0.2) is 0 Å². The maximum absolute atomic E-state index is 11.1. The average molecular weight is 256 g/mol. The van der Waals surface area contributed by atoms with E-state index < -0.39 is 0 Å². The summed E-state index contributed by atoms with van der Waals surface area (Å²) in [6.07, 6.45) is 0. The van der Waals surface area contributed by atoms with Crippen LogP contribution in [0.5, 0.6) is 0 Å². The van der Waals surface area contributed by atoms with Crippen molar-refractivity contribution in [3.05, 3.63) is 34.9 Å². The van der Waals surface area contributed by atoms with Gasteiger partial charge in [0.25, 0.3) is 0 Å². The van der Waals surface area contributed by atoms with E-state index in [0.29, 0.717) is 13.2 Å². The summed E-state index contributed by atoms with van der Waals surface area (Å²) in [5.41, 5.74) is 1.16. The summed E-state index contributed by atoms with van der Waals surface area (Å²) in [7, 11) is 0. The molecule has 0 fully saturated rings. The van der Waals surface area contributed by atoms with Crippen molar-refractivity contribution < 1.29 is 9.53 Å². The lowest BCUT2D eigenvalue weighted by Gasteiger charge is -2.08. The topological polar surface area (TPSA) is 38.3 Å². The Morgan fingerprint density at radius 1 is 1.35 bits per heavy atom. The van der Waals surface area contributed by atoms with Crippen molar-refractivity contribution in [2.24, 2.45) is 5.92 Å². The minimum Gasteiger partial charge on any atom is -0.464 e. The van der Waals surface area contributed by atoms with Crippen molar-refractivity contribution in [1.82, 2.24) is 5.32 Å². The summed E-state index contributed by atoms with van der Waals surface area (Å²) in [4.78, 5) is 11.1. The van der Waals surface area contributed by atoms with Gasteiger partial charge in [-0.15, -0.1) is 0 Å². The predicted octanol–water partition coefficient (Wildman–Crippen LogP) is 2.63. The number of benzene rings is 1. The SMILES string of the molecule is CC(C)C(=O)OCCNCc1ccc(Cl)cc1. The molecule has 0 aromatic heterocycles. The molecular formula is C13H18ClNO2. The fraction of sp³-hybridized carbons (Fsp3) is 0.462. The Morgan fingerprint density at radius 2 is 2.00 bits per heavy atom. The highest BCUT2D eigenvalue weighted by Gasteiger charge is 2.06. The molecule has 0 radical (unpaired) electrons. The van der Waals surface area contributed by atoms with Gasteiger partial charge in [0, 0.05) is 18.1 Å². The molecule has 0 aliphatic carbocycles. The Balaban J connectivity index is 2.12. The molecule has 0 unspecified atom stereocenters. The van der Waals surface area contributed by atoms with Crippen LogP contribution in [0.4, 0.5) is 0 Å². The molecule has 0 bridgehead atoms. The molecule has 1 N–H and O–H groups in total. The third-order valence-corrected chi connectivity index (χ3v) is 2.49. The van der Waals surface area contributed by atoms with E-state index in [0.717, 1.165) is 17.1 Å². The molecule has 0 saturated carbocycles. The zero-order valence-electron chi connectivity index (χ0n) is 10.2. The van der Waals surface area contributed by atoms with E-state index in [1.165, 1.54) is 0 Å². The van der Waals surface area contributed by atoms with E-state index in [2.05, 4.69) is 5.32 Å². The fourth-order valence-electron chi connectivity index (χ4n) is 1.23. The van der Waals surface area contributed by atoms with Crippen molar-refractivity contribution >= 4 is 17.6 Å². The summed E-state index contributed by atoms with van der Waals surface area (Å²) >= 11 is 5.78. The van der Waals surface area contributed by atoms with Gasteiger partial charge in [0.15, 0.2) is 0 Å². The number of hydrogen-bond donors (Lipinski definition) is 1. The highest BCUT2D eigenvalue weighted by Crippen LogP contribution is 2.08. The molecule has 1 rings (SSSR count). The molecule has 0 aliphatic heterocycles. The minimum atomic E-state index is -0.154. The molecule has 0 amide bonds. The summed E-state index contributed by atoms with van der Waals surface area (Å²) in [6, 6.07) is 7.65. The lowest BCUT2D eigenvalue weighted by Crippen LogP contribution is -2.22. The molecule has 3 nitrogen and oxygen atoms in total. The maximum atomic E-state index is 11.1. The van der Waals surface area contributed by atoms with Crippen molar-refractivity contribution in [2.45, 2.75) is 20.4 Å². The summed E-state index contributed by atoms with van der Waals surface area (Å²) in [5.74, 6) is -0.218. The van der Waals surface area contributed by atoms with Gasteiger partial charge in [0.1, 0.15) is 6.61 Å². The lowest BCUT2D eigenvalue weighted by atomic mass is 10.2. The van der Waals surface area contributed by atoms with Crippen LogP contribution >= 0.6 is 11.6 Å². The van der Waals surface area contributed by atoms with Gasteiger partial charge >= 0.3 is 5.97 Å². The average Bonchev–Trinajstić information content (AvgIpc) is 2.30. The van der Waals surface area contributed by atoms with Gasteiger partial charge in [-0.3, -0.25) is 4.79 Å². The Hall–Kier alpha value is -1.06. The highest BCUT2D eigenvalue weighted by atomic mass is 35.5. The molecule has 1 aromatic carbocycles. The van der Waals surface area contributed by atoms with E-state index in [-0.39, 0.29) is 11.9 Å². The zero-order valence-corrected chi connectivity index (χ0v) is 11.0. The van der Waals surface area contributed by atoms with Crippen LogP contribution in [-0.4, -0.2) is 19.1 Å². The Morgan fingerprint density at radius 3 is 2.59 bits per heavy atom. The van der Waals surface area contributed by atoms with Crippen LogP contribution in [0, 0.1) is 5.92 Å². The van der Waals surface area contributed by atoms with E-state index in [1.807, 2.05) is 38.1 Å². The van der Waals surface area contributed by atoms with E-state index in [1.54, 1.807) is 0 Å². The fourth-order valence-corrected chi connectivity index (χ4v) is 1.35. The number of rotatable bonds is 6. The van der Waals surface area contributed by atoms with Crippen LogP contribution in [0.1, 0.15) is 19.4 Å². The predicted molar refractivity (Wildman–Crippen MR) is 69.0 cm³/mol. The van der Waals surface area contributed by atoms with E-state index in [4.69, 9.17) is 16.3 Å². The Bertz CT molecular complexity index is 349. The van der Waals surface area contributed by atoms with E-state index in [9.17, 15) is 4.79 Å². The van der Waals surface area contributed by atoms with Crippen LogP contribution in [0.25, 0.3) is 0 Å². The molecular weight excluding hydrogens is 238 g/mol. The Kier molecular flexibility index (Phi) is 6.01. The van der Waals surface area contributed by atoms with Gasteiger partial charge in [-0.1, -0.05) is 37.6 Å². The largest absolute Gasteiger partial charge is 0.464 e. The molecule has 0 heterocycles. The van der Waals surface area contributed by atoms with Gasteiger partial charge in [0.2, 0.25) is 0 Å². The number of ether oxygens (including phenoxy) is 1. The molecule has 0 atom stereocenters. The third kappa shape index (κ3) is 5.71. The first-order chi connectivity index (χ1) is 8.09. The second kappa shape index (κ2) is 7.30. The number of carbonyl (C=O) groups is 1. The number of halogens is 1. The van der Waals surface area contributed by atoms with Gasteiger partial charge in [-0.2, -0.15) is 0 Å². The minimum absolute atomic E-state index is 0.0636. The third-order valence-electron chi connectivity index (χ3n) is 2.24. The molecule has 1 aromatic rings. The number of esters is 1. The van der Waals surface area contributed by atoms with E-state index >= 15 is 0 Å². The van der Waals surface area contributed by atoms with Gasteiger partial charge in [-0.05, 0) is 17.7 Å². The van der Waals surface area contributed by atoms with Crippen LogP contribution < -0.4 is 5.32 Å². The first-order valence-electron chi connectivity index (χ1n) is 5.71. The molecule has 17 heavy (non-hydrogen) atoms.